The maximum Gasteiger partial charge on any atom is 0.153 e. The summed E-state index contributed by atoms with van der Waals surface area (Å²) in [4.78, 5) is 12.9. The third-order valence-corrected chi connectivity index (χ3v) is 3.53. The zero-order valence-corrected chi connectivity index (χ0v) is 8.89. The molecule has 2 aliphatic heterocycles. The first-order valence-corrected chi connectivity index (χ1v) is 5.56. The molecule has 0 radical (unpaired) electrons. The number of anilines is 1. The summed E-state index contributed by atoms with van der Waals surface area (Å²) in [7, 11) is 0. The molecule has 2 saturated heterocycles. The number of nitrogens with one attached hydrogen (secondary N) is 1. The van der Waals surface area contributed by atoms with Crippen LogP contribution in [0.1, 0.15) is 16.8 Å². The van der Waals surface area contributed by atoms with Crippen molar-refractivity contribution in [3.05, 3.63) is 23.8 Å². The fourth-order valence-electron chi connectivity index (χ4n) is 2.69. The lowest BCUT2D eigenvalue weighted by molar-refractivity contribution is 0.112. The Balaban J connectivity index is 1.90. The van der Waals surface area contributed by atoms with E-state index < -0.39 is 0 Å². The van der Waals surface area contributed by atoms with Crippen molar-refractivity contribution in [2.24, 2.45) is 0 Å². The molecule has 3 rings (SSSR count). The highest BCUT2D eigenvalue weighted by molar-refractivity contribution is 5.80. The van der Waals surface area contributed by atoms with E-state index in [1.54, 1.807) is 12.1 Å². The molecule has 16 heavy (non-hydrogen) atoms. The van der Waals surface area contributed by atoms with E-state index in [4.69, 9.17) is 0 Å². The van der Waals surface area contributed by atoms with Crippen LogP contribution in [0.15, 0.2) is 18.2 Å². The first kappa shape index (κ1) is 9.66. The van der Waals surface area contributed by atoms with Crippen LogP contribution in [0, 0.1) is 0 Å². The lowest BCUT2D eigenvalue weighted by Gasteiger charge is -2.29. The number of hydrogen-bond acceptors (Lipinski definition) is 4. The molecule has 2 bridgehead atoms. The number of hydrogen-bond donors (Lipinski definition) is 2. The van der Waals surface area contributed by atoms with Crippen LogP contribution in [0.5, 0.6) is 5.75 Å². The molecule has 2 aliphatic rings. The van der Waals surface area contributed by atoms with E-state index in [1.807, 2.05) is 6.07 Å². The highest BCUT2D eigenvalue weighted by atomic mass is 16.3. The fraction of sp³-hybridized carbons (Fsp3) is 0.417. The summed E-state index contributed by atoms with van der Waals surface area (Å²) in [5.74, 6) is 0.0724. The smallest absolute Gasteiger partial charge is 0.153 e. The number of rotatable bonds is 2. The Morgan fingerprint density at radius 2 is 2.38 bits per heavy atom. The van der Waals surface area contributed by atoms with Gasteiger partial charge in [-0.1, -0.05) is 0 Å². The minimum absolute atomic E-state index is 0.0724. The molecule has 0 unspecified atom stereocenters. The van der Waals surface area contributed by atoms with Crippen LogP contribution < -0.4 is 10.2 Å². The quantitative estimate of drug-likeness (QED) is 0.719. The average Bonchev–Trinajstić information content (AvgIpc) is 2.90. The Morgan fingerprint density at radius 1 is 1.50 bits per heavy atom. The Bertz CT molecular complexity index is 433. The van der Waals surface area contributed by atoms with E-state index in [9.17, 15) is 9.90 Å². The summed E-state index contributed by atoms with van der Waals surface area (Å²) in [6.45, 7) is 2.01. The third kappa shape index (κ3) is 1.38. The van der Waals surface area contributed by atoms with Gasteiger partial charge in [0.05, 0.1) is 5.56 Å². The molecule has 1 aromatic carbocycles. The SMILES string of the molecule is O=Cc1ccc(N2C[C@H]3C[C@@H]2CN3)cc1O. The largest absolute Gasteiger partial charge is 0.507 e. The number of piperazine rings is 1. The van der Waals surface area contributed by atoms with Gasteiger partial charge in [0.1, 0.15) is 5.75 Å². The van der Waals surface area contributed by atoms with Gasteiger partial charge in [-0.15, -0.1) is 0 Å². The highest BCUT2D eigenvalue weighted by Crippen LogP contribution is 2.31. The molecule has 84 valence electrons. The van der Waals surface area contributed by atoms with Gasteiger partial charge in [-0.2, -0.15) is 0 Å². The Kier molecular flexibility index (Phi) is 2.11. The van der Waals surface area contributed by atoms with Crippen molar-refractivity contribution in [1.29, 1.82) is 0 Å². The second-order valence-electron chi connectivity index (χ2n) is 4.51. The van der Waals surface area contributed by atoms with Gasteiger partial charge < -0.3 is 15.3 Å². The number of aldehydes is 1. The van der Waals surface area contributed by atoms with E-state index in [0.29, 0.717) is 23.9 Å². The van der Waals surface area contributed by atoms with Crippen LogP contribution in [0.4, 0.5) is 5.69 Å². The molecule has 1 aromatic rings. The normalized spacial score (nSPS) is 27.4. The zero-order valence-electron chi connectivity index (χ0n) is 8.89. The monoisotopic (exact) mass is 218 g/mol. The van der Waals surface area contributed by atoms with E-state index in [-0.39, 0.29) is 5.75 Å². The molecule has 2 atom stereocenters. The van der Waals surface area contributed by atoms with Gasteiger partial charge in [0.25, 0.3) is 0 Å². The number of aromatic hydroxyl groups is 1. The van der Waals surface area contributed by atoms with Crippen LogP contribution in [-0.2, 0) is 0 Å². The number of carbonyl (C=O) groups is 1. The lowest BCUT2D eigenvalue weighted by Crippen LogP contribution is -2.43. The molecule has 0 amide bonds. The van der Waals surface area contributed by atoms with Crippen LogP contribution in [-0.4, -0.2) is 36.6 Å². The molecule has 4 heteroatoms. The summed E-state index contributed by atoms with van der Waals surface area (Å²) in [6.07, 6.45) is 1.85. The average molecular weight is 218 g/mol. The molecule has 2 N–H and O–H groups in total. The highest BCUT2D eigenvalue weighted by Gasteiger charge is 2.37. The maximum absolute atomic E-state index is 10.6. The van der Waals surface area contributed by atoms with E-state index >= 15 is 0 Å². The Hall–Kier alpha value is -1.55. The number of benzene rings is 1. The van der Waals surface area contributed by atoms with Gasteiger partial charge in [0.2, 0.25) is 0 Å². The number of nitrogens with zero attached hydrogens (tertiary/aromatic N) is 1. The second kappa shape index (κ2) is 3.49. The van der Waals surface area contributed by atoms with Gasteiger partial charge in [-0.05, 0) is 18.6 Å². The molecule has 0 aliphatic carbocycles. The van der Waals surface area contributed by atoms with Crippen LogP contribution in [0.25, 0.3) is 0 Å². The van der Waals surface area contributed by atoms with Gasteiger partial charge in [0, 0.05) is 36.9 Å². The summed E-state index contributed by atoms with van der Waals surface area (Å²) < 4.78 is 0. The van der Waals surface area contributed by atoms with E-state index in [1.165, 1.54) is 6.42 Å². The van der Waals surface area contributed by atoms with Gasteiger partial charge >= 0.3 is 0 Å². The minimum atomic E-state index is 0.0724. The Morgan fingerprint density at radius 3 is 2.94 bits per heavy atom. The second-order valence-corrected chi connectivity index (χ2v) is 4.51. The predicted molar refractivity (Wildman–Crippen MR) is 61.0 cm³/mol. The summed E-state index contributed by atoms with van der Waals surface area (Å²) in [6, 6.07) is 6.38. The molecule has 2 fully saturated rings. The number of carbonyl (C=O) groups excluding carboxylic acids is 1. The van der Waals surface area contributed by atoms with Crippen molar-refractivity contribution >= 4 is 12.0 Å². The molecule has 2 heterocycles. The van der Waals surface area contributed by atoms with Crippen LogP contribution in [0.2, 0.25) is 0 Å². The van der Waals surface area contributed by atoms with Gasteiger partial charge in [-0.25, -0.2) is 0 Å². The maximum atomic E-state index is 10.6. The first-order valence-electron chi connectivity index (χ1n) is 5.56. The topological polar surface area (TPSA) is 52.6 Å². The predicted octanol–water partition coefficient (Wildman–Crippen LogP) is 0.755. The summed E-state index contributed by atoms with van der Waals surface area (Å²) in [5, 5.41) is 13.1. The molecule has 0 spiro atoms. The summed E-state index contributed by atoms with van der Waals surface area (Å²) in [5.41, 5.74) is 1.36. The van der Waals surface area contributed by atoms with Crippen molar-refractivity contribution < 1.29 is 9.90 Å². The molecule has 0 aromatic heterocycles. The van der Waals surface area contributed by atoms with Crippen molar-refractivity contribution in [2.75, 3.05) is 18.0 Å². The number of phenolic OH excluding ortho intramolecular Hbond substituents is 1. The van der Waals surface area contributed by atoms with Gasteiger partial charge in [0.15, 0.2) is 6.29 Å². The van der Waals surface area contributed by atoms with Gasteiger partial charge in [-0.3, -0.25) is 4.79 Å². The van der Waals surface area contributed by atoms with Crippen LogP contribution >= 0.6 is 0 Å². The summed E-state index contributed by atoms with van der Waals surface area (Å²) >= 11 is 0. The zero-order chi connectivity index (χ0) is 11.1. The van der Waals surface area contributed by atoms with Crippen molar-refractivity contribution in [3.63, 3.8) is 0 Å². The first-order chi connectivity index (χ1) is 7.78. The Labute approximate surface area is 93.9 Å². The lowest BCUT2D eigenvalue weighted by atomic mass is 10.1. The molecular weight excluding hydrogens is 204 g/mol. The van der Waals surface area contributed by atoms with Crippen molar-refractivity contribution in [2.45, 2.75) is 18.5 Å². The van der Waals surface area contributed by atoms with Crippen molar-refractivity contribution in [1.82, 2.24) is 5.32 Å². The van der Waals surface area contributed by atoms with Crippen LogP contribution in [0.3, 0.4) is 0 Å². The molecule has 4 nitrogen and oxygen atoms in total. The molecule has 0 saturated carbocycles. The molecular formula is C12H14N2O2. The standard InChI is InChI=1S/C12H14N2O2/c15-7-8-1-2-10(4-12(8)16)14-6-9-3-11(14)5-13-9/h1-2,4,7,9,11,13,16H,3,5-6H2/t9-,11-/m1/s1. The fourth-order valence-corrected chi connectivity index (χ4v) is 2.69. The minimum Gasteiger partial charge on any atom is -0.507 e. The van der Waals surface area contributed by atoms with E-state index in [2.05, 4.69) is 10.2 Å². The third-order valence-electron chi connectivity index (χ3n) is 3.53. The number of fused-ring (bicyclic) bond motifs is 2. The number of phenols is 1. The van der Waals surface area contributed by atoms with Crippen molar-refractivity contribution in [3.8, 4) is 5.75 Å². The van der Waals surface area contributed by atoms with E-state index in [0.717, 1.165) is 18.8 Å².